The molecule has 1 aromatic rings. The Labute approximate surface area is 82.3 Å². The standard InChI is InChI=1S/C11H12O3/c12-8-6-13-10-5-11(8)14-9-4-2-1-3-7(9)10/h1-4,8,10-12H,5-6H2/t8-,10-,11-/m0/s1. The molecule has 1 N–H and O–H groups in total. The van der Waals surface area contributed by atoms with Crippen molar-refractivity contribution in [3.63, 3.8) is 0 Å². The zero-order valence-electron chi connectivity index (χ0n) is 7.72. The first-order valence-electron chi connectivity index (χ1n) is 4.90. The van der Waals surface area contributed by atoms with Crippen molar-refractivity contribution in [2.24, 2.45) is 0 Å². The van der Waals surface area contributed by atoms with Gasteiger partial charge < -0.3 is 14.6 Å². The van der Waals surface area contributed by atoms with Gasteiger partial charge in [-0.25, -0.2) is 0 Å². The molecule has 3 rings (SSSR count). The predicted octanol–water partition coefficient (Wildman–Crippen LogP) is 1.27. The summed E-state index contributed by atoms with van der Waals surface area (Å²) in [7, 11) is 0. The van der Waals surface area contributed by atoms with E-state index in [9.17, 15) is 5.11 Å². The Bertz CT molecular complexity index is 350. The molecule has 0 amide bonds. The summed E-state index contributed by atoms with van der Waals surface area (Å²) in [5.74, 6) is 0.854. The summed E-state index contributed by atoms with van der Waals surface area (Å²) in [6.45, 7) is 0.379. The van der Waals surface area contributed by atoms with Gasteiger partial charge in [0.05, 0.1) is 12.7 Å². The topological polar surface area (TPSA) is 38.7 Å². The molecule has 1 saturated heterocycles. The number of benzene rings is 1. The van der Waals surface area contributed by atoms with Crippen LogP contribution in [-0.2, 0) is 4.74 Å². The third-order valence-electron chi connectivity index (χ3n) is 2.89. The summed E-state index contributed by atoms with van der Waals surface area (Å²) in [5.41, 5.74) is 1.11. The Balaban J connectivity index is 2.02. The molecule has 0 unspecified atom stereocenters. The van der Waals surface area contributed by atoms with Gasteiger partial charge in [0.25, 0.3) is 0 Å². The van der Waals surface area contributed by atoms with E-state index in [1.54, 1.807) is 0 Å². The molecule has 3 heteroatoms. The summed E-state index contributed by atoms with van der Waals surface area (Å²) in [6.07, 6.45) is 0.287. The summed E-state index contributed by atoms with van der Waals surface area (Å²) < 4.78 is 11.2. The van der Waals surface area contributed by atoms with Crippen LogP contribution in [0.5, 0.6) is 5.75 Å². The Hall–Kier alpha value is -1.06. The number of aliphatic hydroxyl groups excluding tert-OH is 1. The van der Waals surface area contributed by atoms with Crippen molar-refractivity contribution < 1.29 is 14.6 Å². The number of hydrogen-bond acceptors (Lipinski definition) is 3. The Morgan fingerprint density at radius 1 is 1.29 bits per heavy atom. The molecule has 2 bridgehead atoms. The first-order chi connectivity index (χ1) is 6.84. The average molecular weight is 192 g/mol. The molecule has 0 spiro atoms. The number of para-hydroxylation sites is 1. The molecule has 3 atom stereocenters. The minimum Gasteiger partial charge on any atom is -0.487 e. The van der Waals surface area contributed by atoms with Crippen molar-refractivity contribution in [3.05, 3.63) is 29.8 Å². The van der Waals surface area contributed by atoms with E-state index in [-0.39, 0.29) is 12.2 Å². The largest absolute Gasteiger partial charge is 0.487 e. The highest BCUT2D eigenvalue weighted by molar-refractivity contribution is 5.37. The highest BCUT2D eigenvalue weighted by atomic mass is 16.5. The normalized spacial score (nSPS) is 34.5. The van der Waals surface area contributed by atoms with Gasteiger partial charge in [-0.05, 0) is 6.07 Å². The van der Waals surface area contributed by atoms with Gasteiger partial charge in [-0.1, -0.05) is 18.2 Å². The summed E-state index contributed by atoms with van der Waals surface area (Å²) in [5, 5.41) is 9.60. The molecule has 14 heavy (non-hydrogen) atoms. The monoisotopic (exact) mass is 192 g/mol. The van der Waals surface area contributed by atoms with Crippen LogP contribution >= 0.6 is 0 Å². The summed E-state index contributed by atoms with van der Waals surface area (Å²) >= 11 is 0. The fourth-order valence-electron chi connectivity index (χ4n) is 2.12. The van der Waals surface area contributed by atoms with Crippen molar-refractivity contribution in [1.29, 1.82) is 0 Å². The molecule has 0 radical (unpaired) electrons. The van der Waals surface area contributed by atoms with Crippen molar-refractivity contribution >= 4 is 0 Å². The Morgan fingerprint density at radius 3 is 3.07 bits per heavy atom. The highest BCUT2D eigenvalue weighted by Crippen LogP contribution is 2.40. The van der Waals surface area contributed by atoms with E-state index >= 15 is 0 Å². The zero-order valence-corrected chi connectivity index (χ0v) is 7.72. The van der Waals surface area contributed by atoms with Gasteiger partial charge in [-0.2, -0.15) is 0 Å². The van der Waals surface area contributed by atoms with E-state index in [2.05, 4.69) is 0 Å². The van der Waals surface area contributed by atoms with E-state index in [0.29, 0.717) is 6.61 Å². The molecule has 2 aliphatic heterocycles. The van der Waals surface area contributed by atoms with Crippen molar-refractivity contribution in [3.8, 4) is 5.75 Å². The van der Waals surface area contributed by atoms with Crippen LogP contribution in [0, 0.1) is 0 Å². The van der Waals surface area contributed by atoms with Crippen LogP contribution in [0.25, 0.3) is 0 Å². The minimum absolute atomic E-state index is 0.0938. The second kappa shape index (κ2) is 2.97. The summed E-state index contributed by atoms with van der Waals surface area (Å²) in [4.78, 5) is 0. The second-order valence-corrected chi connectivity index (χ2v) is 3.82. The van der Waals surface area contributed by atoms with Gasteiger partial charge in [0.2, 0.25) is 0 Å². The molecule has 2 heterocycles. The van der Waals surface area contributed by atoms with Crippen LogP contribution < -0.4 is 4.74 Å². The lowest BCUT2D eigenvalue weighted by Crippen LogP contribution is -2.44. The lowest BCUT2D eigenvalue weighted by atomic mass is 9.94. The van der Waals surface area contributed by atoms with Crippen LogP contribution in [0.1, 0.15) is 18.1 Å². The lowest BCUT2D eigenvalue weighted by molar-refractivity contribution is -0.127. The summed E-state index contributed by atoms with van der Waals surface area (Å²) in [6, 6.07) is 7.87. The fraction of sp³-hybridized carbons (Fsp3) is 0.455. The Kier molecular flexibility index (Phi) is 1.75. The fourth-order valence-corrected chi connectivity index (χ4v) is 2.12. The van der Waals surface area contributed by atoms with Gasteiger partial charge in [-0.15, -0.1) is 0 Å². The van der Waals surface area contributed by atoms with Gasteiger partial charge in [-0.3, -0.25) is 0 Å². The molecule has 0 saturated carbocycles. The van der Waals surface area contributed by atoms with E-state index < -0.39 is 6.10 Å². The van der Waals surface area contributed by atoms with Gasteiger partial charge in [0, 0.05) is 12.0 Å². The molecule has 2 aliphatic rings. The van der Waals surface area contributed by atoms with Crippen molar-refractivity contribution in [1.82, 2.24) is 0 Å². The molecule has 3 nitrogen and oxygen atoms in total. The predicted molar refractivity (Wildman–Crippen MR) is 50.2 cm³/mol. The molecule has 0 aromatic heterocycles. The third-order valence-corrected chi connectivity index (χ3v) is 2.89. The lowest BCUT2D eigenvalue weighted by Gasteiger charge is -2.39. The maximum Gasteiger partial charge on any atom is 0.130 e. The van der Waals surface area contributed by atoms with Gasteiger partial charge in [0.1, 0.15) is 18.0 Å². The molecule has 1 aromatic carbocycles. The maximum atomic E-state index is 9.60. The van der Waals surface area contributed by atoms with Crippen molar-refractivity contribution in [2.45, 2.75) is 24.7 Å². The quantitative estimate of drug-likeness (QED) is 0.672. The van der Waals surface area contributed by atoms with E-state index in [4.69, 9.17) is 9.47 Å². The van der Waals surface area contributed by atoms with Gasteiger partial charge >= 0.3 is 0 Å². The van der Waals surface area contributed by atoms with Crippen LogP contribution in [0.2, 0.25) is 0 Å². The SMILES string of the molecule is O[C@H]1CO[C@H]2C[C@@H]1Oc1ccccc12. The first kappa shape index (κ1) is 8.26. The smallest absolute Gasteiger partial charge is 0.130 e. The third kappa shape index (κ3) is 1.13. The number of rotatable bonds is 0. The number of ether oxygens (including phenoxy) is 2. The number of fused-ring (bicyclic) bond motifs is 4. The Morgan fingerprint density at radius 2 is 2.14 bits per heavy atom. The molecule has 74 valence electrons. The van der Waals surface area contributed by atoms with E-state index in [1.165, 1.54) is 0 Å². The zero-order chi connectivity index (χ0) is 9.54. The van der Waals surface area contributed by atoms with E-state index in [0.717, 1.165) is 17.7 Å². The second-order valence-electron chi connectivity index (χ2n) is 3.82. The van der Waals surface area contributed by atoms with Crippen LogP contribution in [0.4, 0.5) is 0 Å². The van der Waals surface area contributed by atoms with Crippen molar-refractivity contribution in [2.75, 3.05) is 6.61 Å². The average Bonchev–Trinajstić information content (AvgIpc) is 2.24. The van der Waals surface area contributed by atoms with Gasteiger partial charge in [0.15, 0.2) is 0 Å². The van der Waals surface area contributed by atoms with Crippen LogP contribution in [0.15, 0.2) is 24.3 Å². The first-order valence-corrected chi connectivity index (χ1v) is 4.90. The molecular weight excluding hydrogens is 180 g/mol. The molecule has 0 aliphatic carbocycles. The van der Waals surface area contributed by atoms with E-state index in [1.807, 2.05) is 24.3 Å². The number of aliphatic hydroxyl groups is 1. The van der Waals surface area contributed by atoms with Crippen LogP contribution in [0.3, 0.4) is 0 Å². The molecular formula is C11H12O3. The minimum atomic E-state index is -0.486. The number of hydrogen-bond donors (Lipinski definition) is 1. The molecule has 1 fully saturated rings. The highest BCUT2D eigenvalue weighted by Gasteiger charge is 2.37. The van der Waals surface area contributed by atoms with Crippen LogP contribution in [-0.4, -0.2) is 23.9 Å². The maximum absolute atomic E-state index is 9.60.